The number of para-hydroxylation sites is 1. The van der Waals surface area contributed by atoms with E-state index in [1.807, 2.05) is 19.1 Å². The highest BCUT2D eigenvalue weighted by atomic mass is 16.7. The van der Waals surface area contributed by atoms with Crippen LogP contribution in [0, 0.1) is 0 Å². The summed E-state index contributed by atoms with van der Waals surface area (Å²) in [7, 11) is 0. The summed E-state index contributed by atoms with van der Waals surface area (Å²) in [4.78, 5) is 0. The Morgan fingerprint density at radius 2 is 1.34 bits per heavy atom. The minimum atomic E-state index is -0.321. The molecule has 0 saturated heterocycles. The summed E-state index contributed by atoms with van der Waals surface area (Å²) in [5.41, 5.74) is 3.84. The molecule has 2 rings (SSSR count). The second-order valence-electron chi connectivity index (χ2n) is 8.36. The van der Waals surface area contributed by atoms with Gasteiger partial charge in [-0.15, -0.1) is 0 Å². The van der Waals surface area contributed by atoms with Crippen molar-refractivity contribution in [3.63, 3.8) is 0 Å². The van der Waals surface area contributed by atoms with Crippen molar-refractivity contribution in [1.82, 2.24) is 0 Å². The number of rotatable bonds is 11. The van der Waals surface area contributed by atoms with Gasteiger partial charge in [0.15, 0.2) is 6.29 Å². The van der Waals surface area contributed by atoms with Gasteiger partial charge in [-0.05, 0) is 59.9 Å². The normalized spacial score (nSPS) is 13.6. The lowest BCUT2D eigenvalue weighted by Crippen LogP contribution is -2.20. The van der Waals surface area contributed by atoms with E-state index in [1.165, 1.54) is 16.7 Å². The van der Waals surface area contributed by atoms with Crippen LogP contribution in [-0.4, -0.2) is 19.5 Å². The molecule has 0 amide bonds. The van der Waals surface area contributed by atoms with E-state index in [4.69, 9.17) is 14.2 Å². The maximum Gasteiger partial charge on any atom is 0.197 e. The molecule has 3 heteroatoms. The number of ether oxygens (including phenoxy) is 3. The molecule has 2 aromatic carbocycles. The summed E-state index contributed by atoms with van der Waals surface area (Å²) >= 11 is 0. The number of hydrogen-bond acceptors (Lipinski definition) is 3. The third kappa shape index (κ3) is 6.78. The van der Waals surface area contributed by atoms with Crippen LogP contribution in [0.4, 0.5) is 0 Å². The Hall–Kier alpha value is -2.00. The lowest BCUT2D eigenvalue weighted by molar-refractivity contribution is -0.0740. The standard InChI is InChI=1S/C26H38O3/c1-8-20(6)22-12-14-23(15-13-22)29-21(7)27-16-17-28-26-24(18(2)3)10-9-11-25(26)19(4)5/h9-15,18-21H,8,16-17H2,1-7H3. The van der Waals surface area contributed by atoms with E-state index in [0.29, 0.717) is 31.0 Å². The molecule has 0 aromatic heterocycles. The molecule has 3 nitrogen and oxygen atoms in total. The third-order valence-electron chi connectivity index (χ3n) is 5.37. The lowest BCUT2D eigenvalue weighted by atomic mass is 9.94. The number of hydrogen-bond donors (Lipinski definition) is 0. The Labute approximate surface area is 177 Å². The molecule has 0 heterocycles. The van der Waals surface area contributed by atoms with Crippen LogP contribution in [-0.2, 0) is 4.74 Å². The first-order valence-corrected chi connectivity index (χ1v) is 11.0. The summed E-state index contributed by atoms with van der Waals surface area (Å²) < 4.78 is 17.9. The fourth-order valence-electron chi connectivity index (χ4n) is 3.34. The maximum atomic E-state index is 6.17. The summed E-state index contributed by atoms with van der Waals surface area (Å²) in [5, 5.41) is 0. The quantitative estimate of drug-likeness (QED) is 0.294. The Balaban J connectivity index is 1.86. The average molecular weight is 399 g/mol. The molecule has 0 bridgehead atoms. The van der Waals surface area contributed by atoms with E-state index in [9.17, 15) is 0 Å². The molecule has 0 spiro atoms. The molecule has 160 valence electrons. The van der Waals surface area contributed by atoms with Crippen LogP contribution in [0.25, 0.3) is 0 Å². The zero-order valence-corrected chi connectivity index (χ0v) is 19.2. The van der Waals surface area contributed by atoms with Crippen LogP contribution in [0.1, 0.15) is 89.3 Å². The fraction of sp³-hybridized carbons (Fsp3) is 0.538. The monoisotopic (exact) mass is 398 g/mol. The highest BCUT2D eigenvalue weighted by molar-refractivity contribution is 5.44. The van der Waals surface area contributed by atoms with E-state index in [2.05, 4.69) is 71.9 Å². The predicted octanol–water partition coefficient (Wildman–Crippen LogP) is 7.27. The van der Waals surface area contributed by atoms with Gasteiger partial charge >= 0.3 is 0 Å². The molecular formula is C26H38O3. The lowest BCUT2D eigenvalue weighted by Gasteiger charge is -2.21. The van der Waals surface area contributed by atoms with Crippen molar-refractivity contribution < 1.29 is 14.2 Å². The van der Waals surface area contributed by atoms with Gasteiger partial charge in [0.1, 0.15) is 18.1 Å². The van der Waals surface area contributed by atoms with Gasteiger partial charge in [-0.3, -0.25) is 0 Å². The second-order valence-corrected chi connectivity index (χ2v) is 8.36. The topological polar surface area (TPSA) is 27.7 Å². The Morgan fingerprint density at radius 3 is 1.86 bits per heavy atom. The van der Waals surface area contributed by atoms with Crippen molar-refractivity contribution >= 4 is 0 Å². The second kappa shape index (κ2) is 11.3. The summed E-state index contributed by atoms with van der Waals surface area (Å²) in [6.45, 7) is 16.2. The van der Waals surface area contributed by atoms with Gasteiger partial charge in [-0.25, -0.2) is 0 Å². The predicted molar refractivity (Wildman–Crippen MR) is 121 cm³/mol. The van der Waals surface area contributed by atoms with Crippen LogP contribution >= 0.6 is 0 Å². The van der Waals surface area contributed by atoms with E-state index in [0.717, 1.165) is 17.9 Å². The van der Waals surface area contributed by atoms with Gasteiger partial charge in [0.2, 0.25) is 0 Å². The van der Waals surface area contributed by atoms with E-state index in [1.54, 1.807) is 0 Å². The molecule has 0 N–H and O–H groups in total. The fourth-order valence-corrected chi connectivity index (χ4v) is 3.34. The van der Waals surface area contributed by atoms with Crippen molar-refractivity contribution in [2.75, 3.05) is 13.2 Å². The molecule has 0 aliphatic heterocycles. The molecule has 0 aliphatic carbocycles. The SMILES string of the molecule is CCC(C)c1ccc(OC(C)OCCOc2c(C(C)C)cccc2C(C)C)cc1. The summed E-state index contributed by atoms with van der Waals surface area (Å²) in [6, 6.07) is 14.7. The minimum Gasteiger partial charge on any atom is -0.491 e. The molecule has 2 aromatic rings. The van der Waals surface area contributed by atoms with E-state index >= 15 is 0 Å². The first kappa shape index (κ1) is 23.3. The zero-order valence-electron chi connectivity index (χ0n) is 19.2. The maximum absolute atomic E-state index is 6.17. The highest BCUT2D eigenvalue weighted by Gasteiger charge is 2.15. The molecule has 2 unspecified atom stereocenters. The van der Waals surface area contributed by atoms with Crippen molar-refractivity contribution in [3.05, 3.63) is 59.2 Å². The van der Waals surface area contributed by atoms with E-state index in [-0.39, 0.29) is 6.29 Å². The first-order chi connectivity index (χ1) is 13.8. The van der Waals surface area contributed by atoms with Crippen molar-refractivity contribution in [1.29, 1.82) is 0 Å². The molecule has 0 aliphatic rings. The van der Waals surface area contributed by atoms with Crippen LogP contribution in [0.3, 0.4) is 0 Å². The zero-order chi connectivity index (χ0) is 21.4. The Kier molecular flexibility index (Phi) is 9.03. The van der Waals surface area contributed by atoms with Crippen LogP contribution in [0.5, 0.6) is 11.5 Å². The van der Waals surface area contributed by atoms with Crippen LogP contribution in [0.15, 0.2) is 42.5 Å². The molecule has 0 radical (unpaired) electrons. The molecule has 2 atom stereocenters. The van der Waals surface area contributed by atoms with Gasteiger partial charge < -0.3 is 14.2 Å². The number of benzene rings is 2. The summed E-state index contributed by atoms with van der Waals surface area (Å²) in [6.07, 6.45) is 0.816. The van der Waals surface area contributed by atoms with Gasteiger partial charge in [-0.2, -0.15) is 0 Å². The Bertz CT molecular complexity index is 708. The smallest absolute Gasteiger partial charge is 0.197 e. The molecule has 0 fully saturated rings. The van der Waals surface area contributed by atoms with Gasteiger partial charge in [-0.1, -0.05) is 71.9 Å². The van der Waals surface area contributed by atoms with Crippen molar-refractivity contribution in [3.8, 4) is 11.5 Å². The van der Waals surface area contributed by atoms with Gasteiger partial charge in [0.25, 0.3) is 0 Å². The molecule has 0 saturated carbocycles. The minimum absolute atomic E-state index is 0.321. The average Bonchev–Trinajstić information content (AvgIpc) is 2.70. The molecular weight excluding hydrogens is 360 g/mol. The Morgan fingerprint density at radius 1 is 0.759 bits per heavy atom. The van der Waals surface area contributed by atoms with Gasteiger partial charge in [0.05, 0.1) is 6.61 Å². The van der Waals surface area contributed by atoms with Gasteiger partial charge in [0, 0.05) is 0 Å². The third-order valence-corrected chi connectivity index (χ3v) is 5.37. The van der Waals surface area contributed by atoms with Crippen molar-refractivity contribution in [2.24, 2.45) is 0 Å². The van der Waals surface area contributed by atoms with Crippen LogP contribution < -0.4 is 9.47 Å². The largest absolute Gasteiger partial charge is 0.491 e. The highest BCUT2D eigenvalue weighted by Crippen LogP contribution is 2.34. The molecule has 29 heavy (non-hydrogen) atoms. The first-order valence-electron chi connectivity index (χ1n) is 11.0. The van der Waals surface area contributed by atoms with Crippen LogP contribution in [0.2, 0.25) is 0 Å². The van der Waals surface area contributed by atoms with E-state index < -0.39 is 0 Å². The summed E-state index contributed by atoms with van der Waals surface area (Å²) in [5.74, 6) is 3.25. The van der Waals surface area contributed by atoms with Crippen molar-refractivity contribution in [2.45, 2.75) is 78.9 Å².